The first-order valence-electron chi connectivity index (χ1n) is 4.21. The summed E-state index contributed by atoms with van der Waals surface area (Å²) in [5.41, 5.74) is 5.88. The summed E-state index contributed by atoms with van der Waals surface area (Å²) in [6.07, 6.45) is -4.36. The van der Waals surface area contributed by atoms with Crippen LogP contribution in [0.4, 0.5) is 18.9 Å². The standard InChI is InChI=1S/C9H9BrF3NO2/c10-6-2-1-3-7(14)8(6)16-5-15-4-9(11,12)13/h1-3H,4-5,14H2. The fraction of sp³-hybridized carbons (Fsp3) is 0.333. The van der Waals surface area contributed by atoms with Crippen molar-refractivity contribution in [2.45, 2.75) is 6.18 Å². The maximum absolute atomic E-state index is 11.7. The van der Waals surface area contributed by atoms with Gasteiger partial charge in [-0.25, -0.2) is 0 Å². The zero-order valence-electron chi connectivity index (χ0n) is 8.05. The van der Waals surface area contributed by atoms with Crippen molar-refractivity contribution in [1.29, 1.82) is 0 Å². The number of alkyl halides is 3. The molecule has 0 saturated heterocycles. The van der Waals surface area contributed by atoms with Crippen LogP contribution in [0, 0.1) is 0 Å². The molecule has 0 radical (unpaired) electrons. The number of hydrogen-bond acceptors (Lipinski definition) is 3. The topological polar surface area (TPSA) is 44.5 Å². The SMILES string of the molecule is Nc1cccc(Br)c1OCOCC(F)(F)F. The number of halogens is 4. The van der Waals surface area contributed by atoms with E-state index in [0.717, 1.165) is 0 Å². The third kappa shape index (κ3) is 4.28. The molecule has 0 fully saturated rings. The quantitative estimate of drug-likeness (QED) is 0.528. The van der Waals surface area contributed by atoms with Gasteiger partial charge in [-0.2, -0.15) is 13.2 Å². The number of para-hydroxylation sites is 1. The molecule has 0 bridgehead atoms. The van der Waals surface area contributed by atoms with E-state index in [1.807, 2.05) is 0 Å². The van der Waals surface area contributed by atoms with Crippen molar-refractivity contribution in [2.24, 2.45) is 0 Å². The van der Waals surface area contributed by atoms with Gasteiger partial charge in [-0.15, -0.1) is 0 Å². The van der Waals surface area contributed by atoms with Gasteiger partial charge >= 0.3 is 6.18 Å². The highest BCUT2D eigenvalue weighted by atomic mass is 79.9. The van der Waals surface area contributed by atoms with Crippen molar-refractivity contribution in [2.75, 3.05) is 19.1 Å². The highest BCUT2D eigenvalue weighted by molar-refractivity contribution is 9.10. The summed E-state index contributed by atoms with van der Waals surface area (Å²) in [6, 6.07) is 4.92. The molecule has 90 valence electrons. The van der Waals surface area contributed by atoms with E-state index in [2.05, 4.69) is 20.7 Å². The van der Waals surface area contributed by atoms with Gasteiger partial charge in [0.1, 0.15) is 6.61 Å². The van der Waals surface area contributed by atoms with Crippen LogP contribution in [-0.2, 0) is 4.74 Å². The number of nitrogens with two attached hydrogens (primary N) is 1. The van der Waals surface area contributed by atoms with Crippen LogP contribution in [0.1, 0.15) is 0 Å². The Balaban J connectivity index is 2.43. The van der Waals surface area contributed by atoms with Crippen LogP contribution in [0.2, 0.25) is 0 Å². The summed E-state index contributed by atoms with van der Waals surface area (Å²) in [4.78, 5) is 0. The molecule has 7 heteroatoms. The lowest BCUT2D eigenvalue weighted by Crippen LogP contribution is -2.19. The first-order chi connectivity index (χ1) is 7.40. The lowest BCUT2D eigenvalue weighted by Gasteiger charge is -2.11. The first-order valence-corrected chi connectivity index (χ1v) is 5.01. The van der Waals surface area contributed by atoms with E-state index in [4.69, 9.17) is 10.5 Å². The highest BCUT2D eigenvalue weighted by Crippen LogP contribution is 2.30. The fourth-order valence-corrected chi connectivity index (χ4v) is 1.43. The smallest absolute Gasteiger partial charge is 0.411 e. The summed E-state index contributed by atoms with van der Waals surface area (Å²) in [5, 5.41) is 0. The molecular weight excluding hydrogens is 291 g/mol. The van der Waals surface area contributed by atoms with Gasteiger partial charge in [0.25, 0.3) is 0 Å². The summed E-state index contributed by atoms with van der Waals surface area (Å²) < 4.78 is 45.0. The number of ether oxygens (including phenoxy) is 2. The van der Waals surface area contributed by atoms with Gasteiger partial charge in [-0.3, -0.25) is 0 Å². The predicted molar refractivity (Wildman–Crippen MR) is 56.1 cm³/mol. The fourth-order valence-electron chi connectivity index (χ4n) is 0.936. The second-order valence-corrected chi connectivity index (χ2v) is 3.74. The van der Waals surface area contributed by atoms with Crippen molar-refractivity contribution in [3.63, 3.8) is 0 Å². The lowest BCUT2D eigenvalue weighted by molar-refractivity contribution is -0.186. The number of nitrogen functional groups attached to an aromatic ring is 1. The Morgan fingerprint density at radius 1 is 1.31 bits per heavy atom. The van der Waals surface area contributed by atoms with E-state index >= 15 is 0 Å². The second-order valence-electron chi connectivity index (χ2n) is 2.88. The van der Waals surface area contributed by atoms with Crippen LogP contribution in [-0.4, -0.2) is 19.6 Å². The molecular formula is C9H9BrF3NO2. The van der Waals surface area contributed by atoms with Crippen LogP contribution in [0.15, 0.2) is 22.7 Å². The van der Waals surface area contributed by atoms with Crippen molar-refractivity contribution >= 4 is 21.6 Å². The van der Waals surface area contributed by atoms with Crippen LogP contribution >= 0.6 is 15.9 Å². The van der Waals surface area contributed by atoms with E-state index in [-0.39, 0.29) is 5.75 Å². The van der Waals surface area contributed by atoms with E-state index in [1.54, 1.807) is 18.2 Å². The molecule has 3 nitrogen and oxygen atoms in total. The lowest BCUT2D eigenvalue weighted by atomic mass is 10.3. The average molecular weight is 300 g/mol. The Bertz CT molecular complexity index is 337. The van der Waals surface area contributed by atoms with Crippen LogP contribution in [0.5, 0.6) is 5.75 Å². The van der Waals surface area contributed by atoms with E-state index < -0.39 is 19.6 Å². The molecule has 0 aromatic heterocycles. The first kappa shape index (κ1) is 13.1. The number of hydrogen-bond donors (Lipinski definition) is 1. The predicted octanol–water partition coefficient (Wildman–Crippen LogP) is 2.95. The molecule has 0 aliphatic carbocycles. The minimum Gasteiger partial charge on any atom is -0.464 e. The molecule has 1 aromatic carbocycles. The Hall–Kier alpha value is -0.950. The largest absolute Gasteiger partial charge is 0.464 e. The molecule has 0 atom stereocenters. The molecule has 1 rings (SSSR count). The van der Waals surface area contributed by atoms with Gasteiger partial charge in [0.2, 0.25) is 0 Å². The molecule has 0 heterocycles. The van der Waals surface area contributed by atoms with E-state index in [1.165, 1.54) is 0 Å². The maximum Gasteiger partial charge on any atom is 0.411 e. The van der Waals surface area contributed by atoms with Crippen molar-refractivity contribution < 1.29 is 22.6 Å². The number of rotatable bonds is 4. The summed E-state index contributed by atoms with van der Waals surface area (Å²) in [6.45, 7) is -1.86. The molecule has 1 aromatic rings. The Morgan fingerprint density at radius 3 is 2.56 bits per heavy atom. The van der Waals surface area contributed by atoms with Crippen LogP contribution in [0.25, 0.3) is 0 Å². The van der Waals surface area contributed by atoms with Gasteiger partial charge in [0.15, 0.2) is 12.5 Å². The Kier molecular flexibility index (Phi) is 4.43. The summed E-state index contributed by atoms with van der Waals surface area (Å²) >= 11 is 3.16. The van der Waals surface area contributed by atoms with Crippen LogP contribution < -0.4 is 10.5 Å². The minimum atomic E-state index is -4.36. The second kappa shape index (κ2) is 5.40. The third-order valence-electron chi connectivity index (χ3n) is 1.55. The maximum atomic E-state index is 11.7. The summed E-state index contributed by atoms with van der Waals surface area (Å²) in [5.74, 6) is 0.268. The third-order valence-corrected chi connectivity index (χ3v) is 2.17. The van der Waals surface area contributed by atoms with Gasteiger partial charge < -0.3 is 15.2 Å². The molecule has 0 saturated carbocycles. The normalized spacial score (nSPS) is 11.5. The molecule has 0 aliphatic heterocycles. The highest BCUT2D eigenvalue weighted by Gasteiger charge is 2.27. The molecule has 0 aliphatic rings. The summed E-state index contributed by atoms with van der Waals surface area (Å²) in [7, 11) is 0. The Morgan fingerprint density at radius 2 is 2.00 bits per heavy atom. The van der Waals surface area contributed by atoms with Crippen molar-refractivity contribution in [3.05, 3.63) is 22.7 Å². The number of anilines is 1. The average Bonchev–Trinajstić information content (AvgIpc) is 2.14. The van der Waals surface area contributed by atoms with Gasteiger partial charge in [0, 0.05) is 0 Å². The zero-order valence-corrected chi connectivity index (χ0v) is 9.64. The number of benzene rings is 1. The van der Waals surface area contributed by atoms with E-state index in [0.29, 0.717) is 10.2 Å². The minimum absolute atomic E-state index is 0.268. The molecule has 0 amide bonds. The van der Waals surface area contributed by atoms with Gasteiger partial charge in [0.05, 0.1) is 10.2 Å². The van der Waals surface area contributed by atoms with Gasteiger partial charge in [-0.1, -0.05) is 6.07 Å². The van der Waals surface area contributed by atoms with Crippen molar-refractivity contribution in [3.8, 4) is 5.75 Å². The monoisotopic (exact) mass is 299 g/mol. The molecule has 0 unspecified atom stereocenters. The molecule has 2 N–H and O–H groups in total. The van der Waals surface area contributed by atoms with Crippen molar-refractivity contribution in [1.82, 2.24) is 0 Å². The van der Waals surface area contributed by atoms with Crippen LogP contribution in [0.3, 0.4) is 0 Å². The van der Waals surface area contributed by atoms with E-state index in [9.17, 15) is 13.2 Å². The molecule has 16 heavy (non-hydrogen) atoms. The molecule has 0 spiro atoms. The Labute approximate surface area is 98.5 Å². The zero-order chi connectivity index (χ0) is 12.2. The van der Waals surface area contributed by atoms with Gasteiger partial charge in [-0.05, 0) is 28.1 Å².